The van der Waals surface area contributed by atoms with Gasteiger partial charge in [-0.3, -0.25) is 15.1 Å². The summed E-state index contributed by atoms with van der Waals surface area (Å²) in [7, 11) is 0. The van der Waals surface area contributed by atoms with Gasteiger partial charge in [0.05, 0.1) is 29.1 Å². The van der Waals surface area contributed by atoms with Gasteiger partial charge in [-0.1, -0.05) is 0 Å². The predicted octanol–water partition coefficient (Wildman–Crippen LogP) is 3.86. The molecule has 3 N–H and O–H groups in total. The number of aromatic nitrogens is 8. The maximum Gasteiger partial charge on any atom is 0.157 e. The minimum absolute atomic E-state index is 0.169. The second-order valence-electron chi connectivity index (χ2n) is 7.18. The molecule has 0 amide bonds. The number of aromatic hydroxyl groups is 1. The van der Waals surface area contributed by atoms with Gasteiger partial charge in [0, 0.05) is 41.2 Å². The molecule has 9 nitrogen and oxygen atoms in total. The first-order valence-corrected chi connectivity index (χ1v) is 9.59. The molecule has 0 atom stereocenters. The number of H-pyrrole nitrogens is 2. The van der Waals surface area contributed by atoms with Crippen LogP contribution >= 0.6 is 0 Å². The first-order valence-electron chi connectivity index (χ1n) is 9.59. The molecular formula is C22H13FN8O. The Bertz CT molecular complexity index is 1590. The van der Waals surface area contributed by atoms with E-state index in [2.05, 4.69) is 35.1 Å². The number of benzene rings is 1. The molecule has 0 saturated carbocycles. The van der Waals surface area contributed by atoms with Crippen molar-refractivity contribution in [1.82, 2.24) is 40.1 Å². The van der Waals surface area contributed by atoms with Crippen molar-refractivity contribution < 1.29 is 9.50 Å². The highest BCUT2D eigenvalue weighted by atomic mass is 19.1. The lowest BCUT2D eigenvalue weighted by Gasteiger charge is -2.03. The van der Waals surface area contributed by atoms with Gasteiger partial charge >= 0.3 is 0 Å². The number of hydrogen-bond acceptors (Lipinski definition) is 7. The average molecular weight is 424 g/mol. The number of pyridine rings is 2. The largest absolute Gasteiger partial charge is 0.508 e. The maximum atomic E-state index is 13.9. The topological polar surface area (TPSA) is 129 Å². The van der Waals surface area contributed by atoms with Crippen molar-refractivity contribution in [3.8, 4) is 39.7 Å². The van der Waals surface area contributed by atoms with Crippen LogP contribution in [0.4, 0.5) is 4.39 Å². The summed E-state index contributed by atoms with van der Waals surface area (Å²) in [5.74, 6) is -0.173. The van der Waals surface area contributed by atoms with Crippen LogP contribution in [0, 0.1) is 5.82 Å². The normalized spacial score (nSPS) is 11.4. The molecule has 0 radical (unpaired) electrons. The fraction of sp³-hybridized carbons (Fsp3) is 0. The van der Waals surface area contributed by atoms with E-state index >= 15 is 0 Å². The molecule has 154 valence electrons. The average Bonchev–Trinajstić information content (AvgIpc) is 3.42. The first kappa shape index (κ1) is 18.1. The number of phenols is 1. The number of phenolic OH excluding ortho intramolecular Hbond substituents is 1. The molecular weight excluding hydrogens is 411 g/mol. The molecule has 0 aliphatic heterocycles. The van der Waals surface area contributed by atoms with E-state index in [4.69, 9.17) is 4.98 Å². The van der Waals surface area contributed by atoms with Crippen molar-refractivity contribution >= 4 is 21.9 Å². The molecule has 0 saturated heterocycles. The van der Waals surface area contributed by atoms with Crippen LogP contribution in [-0.2, 0) is 0 Å². The van der Waals surface area contributed by atoms with Crippen molar-refractivity contribution in [2.45, 2.75) is 0 Å². The van der Waals surface area contributed by atoms with E-state index in [9.17, 15) is 9.50 Å². The van der Waals surface area contributed by atoms with E-state index in [1.165, 1.54) is 18.5 Å². The van der Waals surface area contributed by atoms with Crippen LogP contribution in [0.15, 0.2) is 61.6 Å². The molecule has 10 heteroatoms. The van der Waals surface area contributed by atoms with E-state index in [-0.39, 0.29) is 5.75 Å². The van der Waals surface area contributed by atoms with Crippen molar-refractivity contribution in [2.75, 3.05) is 0 Å². The Morgan fingerprint density at radius 1 is 0.875 bits per heavy atom. The highest BCUT2D eigenvalue weighted by Gasteiger charge is 2.17. The van der Waals surface area contributed by atoms with E-state index < -0.39 is 5.82 Å². The Kier molecular flexibility index (Phi) is 3.90. The highest BCUT2D eigenvalue weighted by molar-refractivity contribution is 5.97. The van der Waals surface area contributed by atoms with Gasteiger partial charge < -0.3 is 10.1 Å². The van der Waals surface area contributed by atoms with Gasteiger partial charge in [-0.15, -0.1) is 0 Å². The van der Waals surface area contributed by atoms with E-state index in [0.717, 1.165) is 17.0 Å². The Labute approximate surface area is 179 Å². The van der Waals surface area contributed by atoms with Crippen molar-refractivity contribution in [3.05, 3.63) is 67.4 Å². The Balaban J connectivity index is 1.52. The van der Waals surface area contributed by atoms with Gasteiger partial charge in [0.15, 0.2) is 5.82 Å². The number of halogens is 1. The molecule has 0 aliphatic rings. The van der Waals surface area contributed by atoms with Crippen molar-refractivity contribution in [1.29, 1.82) is 0 Å². The van der Waals surface area contributed by atoms with Gasteiger partial charge in [-0.2, -0.15) is 5.10 Å². The maximum absolute atomic E-state index is 13.9. The van der Waals surface area contributed by atoms with Crippen LogP contribution < -0.4 is 0 Å². The number of fused-ring (bicyclic) bond motifs is 2. The molecule has 6 aromatic rings. The van der Waals surface area contributed by atoms with Crippen LogP contribution in [0.25, 0.3) is 55.8 Å². The number of hydrogen-bond donors (Lipinski definition) is 3. The second kappa shape index (κ2) is 6.91. The third-order valence-electron chi connectivity index (χ3n) is 5.12. The smallest absolute Gasteiger partial charge is 0.157 e. The number of nitrogens with one attached hydrogen (secondary N) is 2. The molecule has 6 rings (SSSR count). The van der Waals surface area contributed by atoms with Gasteiger partial charge in [0.1, 0.15) is 29.1 Å². The Morgan fingerprint density at radius 3 is 2.59 bits per heavy atom. The lowest BCUT2D eigenvalue weighted by atomic mass is 10.1. The fourth-order valence-corrected chi connectivity index (χ4v) is 3.68. The third-order valence-corrected chi connectivity index (χ3v) is 5.12. The lowest BCUT2D eigenvalue weighted by Crippen LogP contribution is -1.87. The number of rotatable bonds is 3. The zero-order chi connectivity index (χ0) is 21.7. The van der Waals surface area contributed by atoms with E-state index in [0.29, 0.717) is 44.9 Å². The first-order chi connectivity index (χ1) is 15.7. The van der Waals surface area contributed by atoms with Gasteiger partial charge in [0.2, 0.25) is 0 Å². The lowest BCUT2D eigenvalue weighted by molar-refractivity contribution is 0.469. The molecule has 0 fully saturated rings. The quantitative estimate of drug-likeness (QED) is 0.393. The third kappa shape index (κ3) is 2.93. The van der Waals surface area contributed by atoms with Gasteiger partial charge in [-0.05, 0) is 23.8 Å². The molecule has 5 heterocycles. The van der Waals surface area contributed by atoms with Gasteiger partial charge in [-0.25, -0.2) is 19.3 Å². The monoisotopic (exact) mass is 424 g/mol. The molecule has 0 aliphatic carbocycles. The summed E-state index contributed by atoms with van der Waals surface area (Å²) in [6.45, 7) is 0. The summed E-state index contributed by atoms with van der Waals surface area (Å²) in [5.41, 5.74) is 5.15. The number of aromatic amines is 2. The molecule has 5 aromatic heterocycles. The van der Waals surface area contributed by atoms with Gasteiger partial charge in [0.25, 0.3) is 0 Å². The van der Waals surface area contributed by atoms with Crippen LogP contribution in [0.2, 0.25) is 0 Å². The zero-order valence-corrected chi connectivity index (χ0v) is 16.3. The van der Waals surface area contributed by atoms with E-state index in [1.54, 1.807) is 31.0 Å². The summed E-state index contributed by atoms with van der Waals surface area (Å²) >= 11 is 0. The predicted molar refractivity (Wildman–Crippen MR) is 115 cm³/mol. The number of nitrogens with zero attached hydrogens (tertiary/aromatic N) is 6. The molecule has 0 spiro atoms. The Morgan fingerprint density at radius 2 is 1.75 bits per heavy atom. The van der Waals surface area contributed by atoms with Crippen LogP contribution in [0.3, 0.4) is 0 Å². The summed E-state index contributed by atoms with van der Waals surface area (Å²) < 4.78 is 13.9. The highest BCUT2D eigenvalue weighted by Crippen LogP contribution is 2.33. The van der Waals surface area contributed by atoms with Crippen molar-refractivity contribution in [3.63, 3.8) is 0 Å². The van der Waals surface area contributed by atoms with E-state index in [1.807, 2.05) is 6.07 Å². The summed E-state index contributed by atoms with van der Waals surface area (Å²) in [5, 5.41) is 18.0. The molecule has 0 bridgehead atoms. The molecule has 32 heavy (non-hydrogen) atoms. The van der Waals surface area contributed by atoms with Crippen LogP contribution in [0.1, 0.15) is 0 Å². The zero-order valence-electron chi connectivity index (χ0n) is 16.3. The summed E-state index contributed by atoms with van der Waals surface area (Å²) in [6, 6.07) is 5.74. The van der Waals surface area contributed by atoms with Crippen molar-refractivity contribution in [2.24, 2.45) is 0 Å². The molecule has 1 aromatic carbocycles. The summed E-state index contributed by atoms with van der Waals surface area (Å²) in [4.78, 5) is 24.7. The Hall–Kier alpha value is -4.73. The minimum atomic E-state index is -0.544. The SMILES string of the molecule is Oc1cc(F)cc(-c2cncc3[nH]c(-c4[nH]nc5cnc(-c6cncnc6)cc45)nc23)c1. The van der Waals surface area contributed by atoms with Crippen LogP contribution in [0.5, 0.6) is 5.75 Å². The second-order valence-corrected chi connectivity index (χ2v) is 7.18. The number of imidazole rings is 1. The fourth-order valence-electron chi connectivity index (χ4n) is 3.68. The minimum Gasteiger partial charge on any atom is -0.508 e. The van der Waals surface area contributed by atoms with Crippen LogP contribution in [-0.4, -0.2) is 45.2 Å². The standard InChI is InChI=1S/C22H13FN8O/c23-13-1-11(2-14(32)3-13)16-7-24-8-19-20(16)29-22(28-19)21-15-4-17(12-5-25-10-26-6-12)27-9-18(15)30-31-21/h1-10,32H,(H,28,29)(H,30,31). The summed E-state index contributed by atoms with van der Waals surface area (Å²) in [6.07, 6.45) is 9.74. The molecule has 0 unspecified atom stereocenters.